The smallest absolute Gasteiger partial charge is 0.185 e. The Morgan fingerprint density at radius 2 is 2.22 bits per heavy atom. The molecule has 0 unspecified atom stereocenters. The van der Waals surface area contributed by atoms with Gasteiger partial charge in [-0.3, -0.25) is 4.79 Å². The van der Waals surface area contributed by atoms with Crippen LogP contribution < -0.4 is 0 Å². The van der Waals surface area contributed by atoms with Gasteiger partial charge in [0.15, 0.2) is 12.0 Å². The van der Waals surface area contributed by atoms with Gasteiger partial charge in [-0.2, -0.15) is 0 Å². The van der Waals surface area contributed by atoms with Crippen molar-refractivity contribution in [1.82, 2.24) is 0 Å². The minimum Gasteiger partial charge on any atom is -0.462 e. The van der Waals surface area contributed by atoms with Crippen LogP contribution in [0.4, 0.5) is 0 Å². The zero-order valence-corrected chi connectivity index (χ0v) is 5.04. The fraction of sp³-hybridized carbons (Fsp3) is 0. The quantitative estimate of drug-likeness (QED) is 0.422. The number of rotatable bonds is 1. The van der Waals surface area contributed by atoms with E-state index in [-0.39, 0.29) is 0 Å². The highest BCUT2D eigenvalue weighted by Crippen LogP contribution is 1.92. The van der Waals surface area contributed by atoms with Crippen molar-refractivity contribution in [3.8, 4) is 0 Å². The van der Waals surface area contributed by atoms with Crippen molar-refractivity contribution >= 4 is 6.29 Å². The molecule has 1 aromatic rings. The van der Waals surface area contributed by atoms with Gasteiger partial charge in [-0.15, -0.1) is 13.2 Å². The fourth-order valence-corrected chi connectivity index (χ4v) is 0.358. The van der Waals surface area contributed by atoms with Gasteiger partial charge in [0.1, 0.15) is 0 Å². The van der Waals surface area contributed by atoms with Crippen molar-refractivity contribution < 1.29 is 9.21 Å². The van der Waals surface area contributed by atoms with Gasteiger partial charge in [-0.1, -0.05) is 0 Å². The molecule has 0 aromatic carbocycles. The molecule has 1 heterocycles. The average molecular weight is 124 g/mol. The molecule has 0 N–H and O–H groups in total. The number of carbonyl (C=O) groups is 1. The second-order valence-corrected chi connectivity index (χ2v) is 1.13. The Morgan fingerprint density at radius 1 is 1.56 bits per heavy atom. The third-order valence-corrected chi connectivity index (χ3v) is 0.659. The summed E-state index contributed by atoms with van der Waals surface area (Å²) in [6.07, 6.45) is 2.13. The van der Waals surface area contributed by atoms with Gasteiger partial charge < -0.3 is 4.42 Å². The first kappa shape index (κ1) is 7.69. The second kappa shape index (κ2) is 4.84. The van der Waals surface area contributed by atoms with Gasteiger partial charge >= 0.3 is 0 Å². The summed E-state index contributed by atoms with van der Waals surface area (Å²) in [6.45, 7) is 6.00. The summed E-state index contributed by atoms with van der Waals surface area (Å²) in [7, 11) is 0. The largest absolute Gasteiger partial charge is 0.462 e. The molecule has 0 bridgehead atoms. The van der Waals surface area contributed by atoms with E-state index in [2.05, 4.69) is 17.6 Å². The minimum atomic E-state index is 0.375. The molecule has 0 amide bonds. The predicted octanol–water partition coefficient (Wildman–Crippen LogP) is 1.89. The highest BCUT2D eigenvalue weighted by atomic mass is 16.3. The second-order valence-electron chi connectivity index (χ2n) is 1.13. The highest BCUT2D eigenvalue weighted by molar-refractivity contribution is 5.69. The van der Waals surface area contributed by atoms with Crippen molar-refractivity contribution in [3.63, 3.8) is 0 Å². The number of carbonyl (C=O) groups excluding carboxylic acids is 1. The van der Waals surface area contributed by atoms with E-state index in [0.717, 1.165) is 0 Å². The van der Waals surface area contributed by atoms with Crippen LogP contribution in [0.5, 0.6) is 0 Å². The summed E-state index contributed by atoms with van der Waals surface area (Å²) in [4.78, 5) is 9.77. The zero-order valence-electron chi connectivity index (χ0n) is 5.04. The van der Waals surface area contributed by atoms with Crippen LogP contribution in [0.3, 0.4) is 0 Å². The predicted molar refractivity (Wildman–Crippen MR) is 35.3 cm³/mol. The lowest BCUT2D eigenvalue weighted by Gasteiger charge is -1.68. The first-order valence-electron chi connectivity index (χ1n) is 2.42. The Balaban J connectivity index is 0.000000291. The summed E-state index contributed by atoms with van der Waals surface area (Å²) in [6, 6.07) is 3.27. The molecular formula is C7H8O2. The number of furan rings is 1. The van der Waals surface area contributed by atoms with Gasteiger partial charge in [0.05, 0.1) is 6.26 Å². The monoisotopic (exact) mass is 124 g/mol. The molecule has 0 aliphatic carbocycles. The average Bonchev–Trinajstić information content (AvgIpc) is 2.43. The van der Waals surface area contributed by atoms with E-state index in [1.54, 1.807) is 12.1 Å². The summed E-state index contributed by atoms with van der Waals surface area (Å²) >= 11 is 0. The Kier molecular flexibility index (Phi) is 4.14. The molecule has 2 heteroatoms. The van der Waals surface area contributed by atoms with Crippen molar-refractivity contribution in [2.24, 2.45) is 0 Å². The SMILES string of the molecule is C=C.O=Cc1ccco1. The fourth-order valence-electron chi connectivity index (χ4n) is 0.358. The lowest BCUT2D eigenvalue weighted by Crippen LogP contribution is -1.65. The van der Waals surface area contributed by atoms with E-state index in [9.17, 15) is 4.79 Å². The van der Waals surface area contributed by atoms with Gasteiger partial charge in [0, 0.05) is 0 Å². The molecule has 0 aliphatic heterocycles. The summed E-state index contributed by atoms with van der Waals surface area (Å²) in [5.74, 6) is 0.375. The molecule has 0 aliphatic rings. The maximum Gasteiger partial charge on any atom is 0.185 e. The molecule has 2 nitrogen and oxygen atoms in total. The number of aldehydes is 1. The van der Waals surface area contributed by atoms with Crippen LogP contribution in [-0.4, -0.2) is 6.29 Å². The van der Waals surface area contributed by atoms with Crippen LogP contribution in [0.2, 0.25) is 0 Å². The van der Waals surface area contributed by atoms with Crippen molar-refractivity contribution in [3.05, 3.63) is 37.3 Å². The third kappa shape index (κ3) is 2.49. The molecule has 48 valence electrons. The van der Waals surface area contributed by atoms with E-state index in [4.69, 9.17) is 0 Å². The molecule has 0 atom stereocenters. The maximum absolute atomic E-state index is 9.77. The van der Waals surface area contributed by atoms with Crippen LogP contribution in [0.25, 0.3) is 0 Å². The van der Waals surface area contributed by atoms with Crippen LogP contribution in [0.1, 0.15) is 10.6 Å². The topological polar surface area (TPSA) is 30.2 Å². The Hall–Kier alpha value is -1.31. The van der Waals surface area contributed by atoms with Gasteiger partial charge in [0.25, 0.3) is 0 Å². The van der Waals surface area contributed by atoms with Crippen LogP contribution in [-0.2, 0) is 0 Å². The van der Waals surface area contributed by atoms with Crippen LogP contribution in [0.15, 0.2) is 36.0 Å². The normalized spacial score (nSPS) is 7.11. The van der Waals surface area contributed by atoms with Crippen molar-refractivity contribution in [2.75, 3.05) is 0 Å². The third-order valence-electron chi connectivity index (χ3n) is 0.659. The van der Waals surface area contributed by atoms with Gasteiger partial charge in [-0.05, 0) is 12.1 Å². The Morgan fingerprint density at radius 3 is 2.44 bits per heavy atom. The van der Waals surface area contributed by atoms with E-state index in [0.29, 0.717) is 12.0 Å². The van der Waals surface area contributed by atoms with Gasteiger partial charge in [-0.25, -0.2) is 0 Å². The van der Waals surface area contributed by atoms with E-state index < -0.39 is 0 Å². The molecule has 0 saturated carbocycles. The maximum atomic E-state index is 9.77. The summed E-state index contributed by atoms with van der Waals surface area (Å²) in [5, 5.41) is 0. The Bertz CT molecular complexity index is 153. The minimum absolute atomic E-state index is 0.375. The lowest BCUT2D eigenvalue weighted by molar-refractivity contribution is 0.110. The van der Waals surface area contributed by atoms with Crippen LogP contribution in [0, 0.1) is 0 Å². The van der Waals surface area contributed by atoms with E-state index >= 15 is 0 Å². The molecule has 0 fully saturated rings. The molecule has 0 radical (unpaired) electrons. The summed E-state index contributed by atoms with van der Waals surface area (Å²) in [5.41, 5.74) is 0. The van der Waals surface area contributed by atoms with E-state index in [1.807, 2.05) is 0 Å². The van der Waals surface area contributed by atoms with E-state index in [1.165, 1.54) is 6.26 Å². The lowest BCUT2D eigenvalue weighted by atomic mass is 10.5. The van der Waals surface area contributed by atoms with Crippen molar-refractivity contribution in [2.45, 2.75) is 0 Å². The molecule has 0 spiro atoms. The molecule has 1 aromatic heterocycles. The first-order chi connectivity index (χ1) is 4.43. The molecular weight excluding hydrogens is 116 g/mol. The molecule has 9 heavy (non-hydrogen) atoms. The van der Waals surface area contributed by atoms with Crippen molar-refractivity contribution in [1.29, 1.82) is 0 Å². The van der Waals surface area contributed by atoms with Crippen LogP contribution >= 0.6 is 0 Å². The number of hydrogen-bond donors (Lipinski definition) is 0. The molecule has 0 saturated heterocycles. The van der Waals surface area contributed by atoms with Gasteiger partial charge in [0.2, 0.25) is 0 Å². The highest BCUT2D eigenvalue weighted by Gasteiger charge is 1.84. The number of hydrogen-bond acceptors (Lipinski definition) is 2. The standard InChI is InChI=1S/C5H4O2.C2H4/c6-4-5-2-1-3-7-5;1-2/h1-4H;1-2H2. The molecule has 1 rings (SSSR count). The summed E-state index contributed by atoms with van der Waals surface area (Å²) < 4.78 is 4.61. The zero-order chi connectivity index (χ0) is 7.11. The Labute approximate surface area is 53.8 Å². The first-order valence-corrected chi connectivity index (χ1v) is 2.42.